The van der Waals surface area contributed by atoms with Crippen molar-refractivity contribution in [1.82, 2.24) is 0 Å². The van der Waals surface area contributed by atoms with Gasteiger partial charge in [0.1, 0.15) is 0 Å². The van der Waals surface area contributed by atoms with Gasteiger partial charge in [-0.2, -0.15) is 0 Å². The molecule has 2 fully saturated rings. The van der Waals surface area contributed by atoms with Crippen molar-refractivity contribution in [1.29, 1.82) is 0 Å². The van der Waals surface area contributed by atoms with Gasteiger partial charge in [-0.1, -0.05) is 40.5 Å². The van der Waals surface area contributed by atoms with E-state index in [0.717, 1.165) is 32.1 Å². The first kappa shape index (κ1) is 19.8. The third-order valence-electron chi connectivity index (χ3n) is 6.59. The van der Waals surface area contributed by atoms with E-state index in [0.29, 0.717) is 24.4 Å². The van der Waals surface area contributed by atoms with Gasteiger partial charge in [0.15, 0.2) is 0 Å². The molecule has 0 aromatic heterocycles. The molecular formula is C21H38O3. The molecule has 0 saturated heterocycles. The number of aliphatic hydroxyl groups is 1. The lowest BCUT2D eigenvalue weighted by Gasteiger charge is -2.45. The Morgan fingerprint density at radius 2 is 2.00 bits per heavy atom. The van der Waals surface area contributed by atoms with E-state index in [9.17, 15) is 9.90 Å². The predicted octanol–water partition coefficient (Wildman–Crippen LogP) is 4.96. The van der Waals surface area contributed by atoms with Gasteiger partial charge in [0.05, 0.1) is 17.6 Å². The smallest absolute Gasteiger partial charge is 0.312 e. The van der Waals surface area contributed by atoms with Crippen LogP contribution in [0.1, 0.15) is 86.0 Å². The molecule has 1 N–H and O–H groups in total. The first-order valence-electron chi connectivity index (χ1n) is 10.0. The van der Waals surface area contributed by atoms with Gasteiger partial charge in [0.2, 0.25) is 0 Å². The fraction of sp³-hybridized carbons (Fsp3) is 0.952. The zero-order valence-corrected chi connectivity index (χ0v) is 16.4. The molecule has 2 aliphatic rings. The molecule has 2 bridgehead atoms. The van der Waals surface area contributed by atoms with E-state index in [-0.39, 0.29) is 11.9 Å². The van der Waals surface area contributed by atoms with E-state index in [1.54, 1.807) is 0 Å². The molecule has 2 rings (SSSR count). The van der Waals surface area contributed by atoms with Crippen molar-refractivity contribution in [2.24, 2.45) is 29.1 Å². The minimum Gasteiger partial charge on any atom is -0.465 e. The van der Waals surface area contributed by atoms with E-state index in [1.807, 2.05) is 6.92 Å². The number of hydrogen-bond acceptors (Lipinski definition) is 3. The zero-order chi connectivity index (χ0) is 18.0. The maximum atomic E-state index is 12.7. The second-order valence-corrected chi connectivity index (χ2v) is 9.59. The van der Waals surface area contributed by atoms with Crippen molar-refractivity contribution in [2.75, 3.05) is 6.61 Å². The number of ether oxygens (including phenoxy) is 1. The molecule has 0 aromatic carbocycles. The van der Waals surface area contributed by atoms with Crippen LogP contribution in [0.4, 0.5) is 0 Å². The summed E-state index contributed by atoms with van der Waals surface area (Å²) in [6.07, 6.45) is 8.25. The van der Waals surface area contributed by atoms with Gasteiger partial charge < -0.3 is 9.84 Å². The van der Waals surface area contributed by atoms with E-state index in [2.05, 4.69) is 27.7 Å². The van der Waals surface area contributed by atoms with Crippen molar-refractivity contribution < 1.29 is 14.6 Å². The summed E-state index contributed by atoms with van der Waals surface area (Å²) in [7, 11) is 0. The van der Waals surface area contributed by atoms with Crippen LogP contribution in [0, 0.1) is 29.1 Å². The van der Waals surface area contributed by atoms with Gasteiger partial charge >= 0.3 is 5.97 Å². The second kappa shape index (κ2) is 7.76. The zero-order valence-electron chi connectivity index (χ0n) is 16.4. The van der Waals surface area contributed by atoms with Crippen molar-refractivity contribution in [2.45, 2.75) is 91.6 Å². The molecule has 0 spiro atoms. The highest BCUT2D eigenvalue weighted by Gasteiger charge is 2.42. The van der Waals surface area contributed by atoms with Crippen LogP contribution in [0.25, 0.3) is 0 Å². The van der Waals surface area contributed by atoms with Crippen LogP contribution in [-0.4, -0.2) is 23.3 Å². The van der Waals surface area contributed by atoms with Crippen LogP contribution >= 0.6 is 0 Å². The van der Waals surface area contributed by atoms with Crippen molar-refractivity contribution >= 4 is 5.97 Å². The van der Waals surface area contributed by atoms with E-state index >= 15 is 0 Å². The third kappa shape index (κ3) is 4.74. The highest BCUT2D eigenvalue weighted by atomic mass is 16.5. The molecule has 4 atom stereocenters. The normalized spacial score (nSPS) is 32.7. The minimum absolute atomic E-state index is 0.0408. The van der Waals surface area contributed by atoms with E-state index in [1.165, 1.54) is 19.3 Å². The molecule has 0 amide bonds. The average Bonchev–Trinajstić information content (AvgIpc) is 2.44. The predicted molar refractivity (Wildman–Crippen MR) is 97.6 cm³/mol. The molecule has 0 radical (unpaired) electrons. The third-order valence-corrected chi connectivity index (χ3v) is 6.59. The Hall–Kier alpha value is -0.570. The Kier molecular flexibility index (Phi) is 6.39. The Balaban J connectivity index is 1.83. The molecule has 4 unspecified atom stereocenters. The van der Waals surface area contributed by atoms with Gasteiger partial charge in [0.25, 0.3) is 0 Å². The van der Waals surface area contributed by atoms with Crippen molar-refractivity contribution in [3.8, 4) is 0 Å². The van der Waals surface area contributed by atoms with Crippen LogP contribution in [0.2, 0.25) is 0 Å². The fourth-order valence-electron chi connectivity index (χ4n) is 5.05. The summed E-state index contributed by atoms with van der Waals surface area (Å²) in [6.45, 7) is 11.1. The SMILES string of the molecule is CC(C)CC(C)(C(=O)OCCC1CC2CCCC(O)(C2)C1)C(C)C. The Bertz CT molecular complexity index is 431. The summed E-state index contributed by atoms with van der Waals surface area (Å²) in [5.74, 6) is 1.91. The molecule has 2 aliphatic carbocycles. The van der Waals surface area contributed by atoms with Crippen LogP contribution < -0.4 is 0 Å². The molecule has 24 heavy (non-hydrogen) atoms. The monoisotopic (exact) mass is 338 g/mol. The number of esters is 1. The Morgan fingerprint density at radius 3 is 2.58 bits per heavy atom. The van der Waals surface area contributed by atoms with Gasteiger partial charge in [-0.25, -0.2) is 0 Å². The highest BCUT2D eigenvalue weighted by molar-refractivity contribution is 5.76. The van der Waals surface area contributed by atoms with Gasteiger partial charge in [0, 0.05) is 0 Å². The molecular weight excluding hydrogens is 300 g/mol. The average molecular weight is 339 g/mol. The lowest BCUT2D eigenvalue weighted by molar-refractivity contribution is -0.159. The Labute approximate surface area is 148 Å². The molecule has 3 heteroatoms. The largest absolute Gasteiger partial charge is 0.465 e. The maximum absolute atomic E-state index is 12.7. The summed E-state index contributed by atoms with van der Waals surface area (Å²) in [4.78, 5) is 12.7. The minimum atomic E-state index is -0.431. The van der Waals surface area contributed by atoms with Gasteiger partial charge in [-0.15, -0.1) is 0 Å². The van der Waals surface area contributed by atoms with Gasteiger partial charge in [-0.3, -0.25) is 4.79 Å². The van der Waals surface area contributed by atoms with Gasteiger partial charge in [-0.05, 0) is 69.1 Å². The van der Waals surface area contributed by atoms with Crippen LogP contribution in [0.5, 0.6) is 0 Å². The molecule has 0 aliphatic heterocycles. The molecule has 2 saturated carbocycles. The summed E-state index contributed by atoms with van der Waals surface area (Å²) < 4.78 is 5.71. The molecule has 0 aromatic rings. The van der Waals surface area contributed by atoms with Crippen LogP contribution in [-0.2, 0) is 9.53 Å². The summed E-state index contributed by atoms with van der Waals surface area (Å²) in [6, 6.07) is 0. The van der Waals surface area contributed by atoms with E-state index in [4.69, 9.17) is 4.74 Å². The highest BCUT2D eigenvalue weighted by Crippen LogP contribution is 2.46. The van der Waals surface area contributed by atoms with E-state index < -0.39 is 11.0 Å². The fourth-order valence-corrected chi connectivity index (χ4v) is 5.05. The Morgan fingerprint density at radius 1 is 1.29 bits per heavy atom. The maximum Gasteiger partial charge on any atom is 0.312 e. The standard InChI is InChI=1S/C21H38O3/c1-15(2)12-20(5,16(3)4)19(22)24-10-8-18-11-17-7-6-9-21(23,13-17)14-18/h15-18,23H,6-14H2,1-5H3. The van der Waals surface area contributed by atoms with Crippen LogP contribution in [0.15, 0.2) is 0 Å². The quantitative estimate of drug-likeness (QED) is 0.667. The molecule has 0 heterocycles. The first-order chi connectivity index (χ1) is 11.1. The molecule has 3 nitrogen and oxygen atoms in total. The number of rotatable bonds is 7. The molecule has 140 valence electrons. The summed E-state index contributed by atoms with van der Waals surface area (Å²) >= 11 is 0. The topological polar surface area (TPSA) is 46.5 Å². The van der Waals surface area contributed by atoms with Crippen molar-refractivity contribution in [3.63, 3.8) is 0 Å². The lowest BCUT2D eigenvalue weighted by Crippen LogP contribution is -2.42. The lowest BCUT2D eigenvalue weighted by atomic mass is 9.65. The summed E-state index contributed by atoms with van der Waals surface area (Å²) in [5.41, 5.74) is -0.824. The summed E-state index contributed by atoms with van der Waals surface area (Å²) in [5, 5.41) is 10.7. The van der Waals surface area contributed by atoms with Crippen LogP contribution in [0.3, 0.4) is 0 Å². The van der Waals surface area contributed by atoms with Crippen molar-refractivity contribution in [3.05, 3.63) is 0 Å². The number of carbonyl (C=O) groups is 1. The second-order valence-electron chi connectivity index (χ2n) is 9.59. The number of hydrogen-bond donors (Lipinski definition) is 1. The number of fused-ring (bicyclic) bond motifs is 2. The number of carbonyl (C=O) groups excluding carboxylic acids is 1. The first-order valence-corrected chi connectivity index (χ1v) is 10.0.